The van der Waals surface area contributed by atoms with Crippen molar-refractivity contribution in [3.8, 4) is 11.1 Å². The lowest BCUT2D eigenvalue weighted by Gasteiger charge is -2.15. The van der Waals surface area contributed by atoms with Gasteiger partial charge in [0.2, 0.25) is 5.91 Å². The first-order chi connectivity index (χ1) is 11.9. The lowest BCUT2D eigenvalue weighted by molar-refractivity contribution is -0.130. The molecule has 0 saturated carbocycles. The number of nitrogens with zero attached hydrogens (tertiary/aromatic N) is 3. The third kappa shape index (κ3) is 3.27. The van der Waals surface area contributed by atoms with Gasteiger partial charge in [0, 0.05) is 31.5 Å². The van der Waals surface area contributed by atoms with Crippen LogP contribution in [0.1, 0.15) is 18.1 Å². The zero-order chi connectivity index (χ0) is 18.1. The van der Waals surface area contributed by atoms with Gasteiger partial charge < -0.3 is 9.47 Å². The number of aryl methyl sites for hydroxylation is 2. The third-order valence-corrected chi connectivity index (χ3v) is 4.60. The predicted molar refractivity (Wildman–Crippen MR) is 97.9 cm³/mol. The fourth-order valence-corrected chi connectivity index (χ4v) is 2.90. The highest BCUT2D eigenvalue weighted by molar-refractivity contribution is 5.86. The van der Waals surface area contributed by atoms with Gasteiger partial charge in [-0.1, -0.05) is 6.07 Å². The molecule has 0 saturated heterocycles. The van der Waals surface area contributed by atoms with E-state index in [1.807, 2.05) is 36.7 Å². The molecule has 1 amide bonds. The molecule has 5 heteroatoms. The van der Waals surface area contributed by atoms with Crippen LogP contribution < -0.4 is 0 Å². The summed E-state index contributed by atoms with van der Waals surface area (Å²) in [4.78, 5) is 18.5. The summed E-state index contributed by atoms with van der Waals surface area (Å²) in [5, 5.41) is 0. The number of rotatable bonds is 4. The van der Waals surface area contributed by atoms with Gasteiger partial charge in [0.15, 0.2) is 0 Å². The topological polar surface area (TPSA) is 38.1 Å². The number of hydrogen-bond donors (Lipinski definition) is 0. The van der Waals surface area contributed by atoms with Gasteiger partial charge in [-0.2, -0.15) is 0 Å². The quantitative estimate of drug-likeness (QED) is 0.722. The highest BCUT2D eigenvalue weighted by Gasteiger charge is 2.13. The van der Waals surface area contributed by atoms with E-state index in [0.717, 1.165) is 27.7 Å². The van der Waals surface area contributed by atoms with E-state index in [-0.39, 0.29) is 18.3 Å². The summed E-state index contributed by atoms with van der Waals surface area (Å²) in [6.07, 6.45) is 3.76. The average molecular weight is 339 g/mol. The molecular formula is C20H22FN3O. The summed E-state index contributed by atoms with van der Waals surface area (Å²) in [6, 6.07) is 7.05. The van der Waals surface area contributed by atoms with E-state index in [4.69, 9.17) is 0 Å². The lowest BCUT2D eigenvalue weighted by Crippen LogP contribution is -2.29. The van der Waals surface area contributed by atoms with Gasteiger partial charge in [0.25, 0.3) is 0 Å². The van der Waals surface area contributed by atoms with Gasteiger partial charge in [0.1, 0.15) is 12.4 Å². The van der Waals surface area contributed by atoms with Crippen LogP contribution in [0.2, 0.25) is 0 Å². The van der Waals surface area contributed by atoms with E-state index in [9.17, 15) is 9.18 Å². The number of fused-ring (bicyclic) bond motifs is 1. The van der Waals surface area contributed by atoms with Crippen LogP contribution in [0.3, 0.4) is 0 Å². The summed E-state index contributed by atoms with van der Waals surface area (Å²) in [6.45, 7) is 6.64. The molecule has 25 heavy (non-hydrogen) atoms. The molecule has 0 aliphatic carbocycles. The summed E-state index contributed by atoms with van der Waals surface area (Å²) >= 11 is 0. The van der Waals surface area contributed by atoms with Gasteiger partial charge in [-0.15, -0.1) is 0 Å². The van der Waals surface area contributed by atoms with Gasteiger partial charge >= 0.3 is 0 Å². The molecular weight excluding hydrogens is 317 g/mol. The fourth-order valence-electron chi connectivity index (χ4n) is 2.90. The average Bonchev–Trinajstić information content (AvgIpc) is 2.91. The van der Waals surface area contributed by atoms with Crippen LogP contribution in [-0.4, -0.2) is 34.0 Å². The molecule has 0 aliphatic rings. The maximum atomic E-state index is 13.5. The Labute approximate surface area is 146 Å². The zero-order valence-corrected chi connectivity index (χ0v) is 15.0. The SMILES string of the molecule is CCN(C)C(=O)Cn1cc(C)c2ncc(-c3ccc(F)c(C)c3)cc21. The van der Waals surface area contributed by atoms with Crippen LogP contribution in [0.25, 0.3) is 22.2 Å². The Bertz CT molecular complexity index is 946. The molecule has 0 radical (unpaired) electrons. The summed E-state index contributed by atoms with van der Waals surface area (Å²) in [7, 11) is 1.80. The Morgan fingerprint density at radius 1 is 1.20 bits per heavy atom. The molecule has 4 nitrogen and oxygen atoms in total. The first kappa shape index (κ1) is 17.1. The van der Waals surface area contributed by atoms with Crippen LogP contribution in [0.4, 0.5) is 4.39 Å². The Balaban J connectivity index is 2.05. The minimum Gasteiger partial charge on any atom is -0.344 e. The van der Waals surface area contributed by atoms with Crippen molar-refractivity contribution in [2.24, 2.45) is 0 Å². The van der Waals surface area contributed by atoms with E-state index >= 15 is 0 Å². The molecule has 2 heterocycles. The van der Waals surface area contributed by atoms with E-state index in [0.29, 0.717) is 12.1 Å². The minimum absolute atomic E-state index is 0.0578. The first-order valence-electron chi connectivity index (χ1n) is 8.36. The second kappa shape index (κ2) is 6.67. The van der Waals surface area contributed by atoms with Crippen LogP contribution in [0, 0.1) is 19.7 Å². The third-order valence-electron chi connectivity index (χ3n) is 4.60. The second-order valence-electron chi connectivity index (χ2n) is 6.40. The Kier molecular flexibility index (Phi) is 4.57. The smallest absolute Gasteiger partial charge is 0.242 e. The number of amides is 1. The summed E-state index contributed by atoms with van der Waals surface area (Å²) in [5.74, 6) is -0.160. The van der Waals surface area contributed by atoms with Crippen molar-refractivity contribution in [1.29, 1.82) is 0 Å². The number of likely N-dealkylation sites (N-methyl/N-ethyl adjacent to an activating group) is 1. The van der Waals surface area contributed by atoms with E-state index in [2.05, 4.69) is 4.98 Å². The van der Waals surface area contributed by atoms with Crippen LogP contribution in [0.15, 0.2) is 36.7 Å². The highest BCUT2D eigenvalue weighted by atomic mass is 19.1. The molecule has 0 unspecified atom stereocenters. The summed E-state index contributed by atoms with van der Waals surface area (Å²) in [5.41, 5.74) is 5.25. The fraction of sp³-hybridized carbons (Fsp3) is 0.300. The second-order valence-corrected chi connectivity index (χ2v) is 6.40. The predicted octanol–water partition coefficient (Wildman–Crippen LogP) is 3.94. The number of carbonyl (C=O) groups is 1. The number of pyridine rings is 1. The van der Waals surface area contributed by atoms with Gasteiger partial charge in [-0.3, -0.25) is 9.78 Å². The molecule has 0 fully saturated rings. The molecule has 3 aromatic rings. The van der Waals surface area contributed by atoms with Crippen molar-refractivity contribution in [3.63, 3.8) is 0 Å². The van der Waals surface area contributed by atoms with E-state index in [1.165, 1.54) is 6.07 Å². The van der Waals surface area contributed by atoms with Gasteiger partial charge in [-0.25, -0.2) is 4.39 Å². The number of carbonyl (C=O) groups excluding carboxylic acids is 1. The van der Waals surface area contributed by atoms with Crippen molar-refractivity contribution in [2.45, 2.75) is 27.3 Å². The van der Waals surface area contributed by atoms with Crippen molar-refractivity contribution in [2.75, 3.05) is 13.6 Å². The number of aromatic nitrogens is 2. The molecule has 130 valence electrons. The zero-order valence-electron chi connectivity index (χ0n) is 15.0. The largest absolute Gasteiger partial charge is 0.344 e. The Hall–Kier alpha value is -2.69. The Morgan fingerprint density at radius 2 is 1.96 bits per heavy atom. The minimum atomic E-state index is -0.217. The molecule has 0 N–H and O–H groups in total. The monoisotopic (exact) mass is 339 g/mol. The molecule has 2 aromatic heterocycles. The molecule has 0 spiro atoms. The Morgan fingerprint density at radius 3 is 2.64 bits per heavy atom. The van der Waals surface area contributed by atoms with Crippen molar-refractivity contribution < 1.29 is 9.18 Å². The van der Waals surface area contributed by atoms with Crippen LogP contribution >= 0.6 is 0 Å². The van der Waals surface area contributed by atoms with Gasteiger partial charge in [0.05, 0.1) is 11.0 Å². The molecule has 1 aromatic carbocycles. The lowest BCUT2D eigenvalue weighted by atomic mass is 10.0. The van der Waals surface area contributed by atoms with Crippen molar-refractivity contribution in [3.05, 3.63) is 53.6 Å². The molecule has 0 atom stereocenters. The first-order valence-corrected chi connectivity index (χ1v) is 8.36. The van der Waals surface area contributed by atoms with Crippen molar-refractivity contribution in [1.82, 2.24) is 14.5 Å². The molecule has 0 bridgehead atoms. The summed E-state index contributed by atoms with van der Waals surface area (Å²) < 4.78 is 15.5. The number of halogens is 1. The highest BCUT2D eigenvalue weighted by Crippen LogP contribution is 2.27. The van der Waals surface area contributed by atoms with Gasteiger partial charge in [-0.05, 0) is 55.7 Å². The van der Waals surface area contributed by atoms with E-state index < -0.39 is 0 Å². The molecule has 0 aliphatic heterocycles. The number of benzene rings is 1. The maximum absolute atomic E-state index is 13.5. The molecule has 3 rings (SSSR count). The standard InChI is InChI=1S/C20H22FN3O/c1-5-23(4)19(25)12-24-11-14(3)20-18(24)9-16(10-22-20)15-6-7-17(21)13(2)8-15/h6-11H,5,12H2,1-4H3. The number of hydrogen-bond acceptors (Lipinski definition) is 2. The van der Waals surface area contributed by atoms with Crippen LogP contribution in [-0.2, 0) is 11.3 Å². The normalized spacial score (nSPS) is 11.1. The maximum Gasteiger partial charge on any atom is 0.242 e. The van der Waals surface area contributed by atoms with Crippen molar-refractivity contribution >= 4 is 16.9 Å². The van der Waals surface area contributed by atoms with Crippen LogP contribution in [0.5, 0.6) is 0 Å². The van der Waals surface area contributed by atoms with E-state index in [1.54, 1.807) is 31.1 Å².